The second kappa shape index (κ2) is 7.32. The first-order valence-electron chi connectivity index (χ1n) is 8.14. The van der Waals surface area contributed by atoms with Crippen molar-refractivity contribution in [1.82, 2.24) is 15.2 Å². The van der Waals surface area contributed by atoms with Gasteiger partial charge >= 0.3 is 0 Å². The number of likely N-dealkylation sites (tertiary alicyclic amines) is 1. The van der Waals surface area contributed by atoms with Crippen LogP contribution < -0.4 is 5.32 Å². The van der Waals surface area contributed by atoms with E-state index in [9.17, 15) is 4.39 Å². The van der Waals surface area contributed by atoms with Gasteiger partial charge in [-0.05, 0) is 64.4 Å². The van der Waals surface area contributed by atoms with E-state index in [0.29, 0.717) is 0 Å². The van der Waals surface area contributed by atoms with Gasteiger partial charge in [0.2, 0.25) is 0 Å². The van der Waals surface area contributed by atoms with Gasteiger partial charge in [-0.3, -0.25) is 9.88 Å². The van der Waals surface area contributed by atoms with E-state index in [0.717, 1.165) is 31.6 Å². The Kier molecular flexibility index (Phi) is 5.71. The molecule has 2 heterocycles. The van der Waals surface area contributed by atoms with Gasteiger partial charge in [-0.1, -0.05) is 13.3 Å². The molecule has 1 N–H and O–H groups in total. The Bertz CT molecular complexity index is 441. The summed E-state index contributed by atoms with van der Waals surface area (Å²) in [6.45, 7) is 9.85. The average Bonchev–Trinajstić information content (AvgIpc) is 2.48. The SMILES string of the molecule is CCCNC(c1cncc(F)c1)C(C)(C)N1CCCCC1. The highest BCUT2D eigenvalue weighted by Gasteiger charge is 2.36. The minimum Gasteiger partial charge on any atom is -0.308 e. The van der Waals surface area contributed by atoms with Crippen LogP contribution in [0.25, 0.3) is 0 Å². The molecule has 0 spiro atoms. The van der Waals surface area contributed by atoms with Gasteiger partial charge in [0, 0.05) is 11.7 Å². The Hall–Kier alpha value is -1.00. The molecule has 1 aromatic heterocycles. The van der Waals surface area contributed by atoms with E-state index in [4.69, 9.17) is 0 Å². The normalized spacial score (nSPS) is 18.7. The Labute approximate surface area is 127 Å². The zero-order valence-electron chi connectivity index (χ0n) is 13.5. The predicted octanol–water partition coefficient (Wildman–Crippen LogP) is 3.53. The molecule has 21 heavy (non-hydrogen) atoms. The molecule has 1 aromatic rings. The third-order valence-electron chi connectivity index (χ3n) is 4.54. The van der Waals surface area contributed by atoms with Gasteiger partial charge in [0.05, 0.1) is 12.2 Å². The van der Waals surface area contributed by atoms with Gasteiger partial charge < -0.3 is 5.32 Å². The smallest absolute Gasteiger partial charge is 0.141 e. The molecule has 0 radical (unpaired) electrons. The first kappa shape index (κ1) is 16.4. The second-order valence-electron chi connectivity index (χ2n) is 6.53. The van der Waals surface area contributed by atoms with Crippen molar-refractivity contribution in [3.8, 4) is 0 Å². The highest BCUT2D eigenvalue weighted by molar-refractivity contribution is 5.20. The summed E-state index contributed by atoms with van der Waals surface area (Å²) in [5.41, 5.74) is 0.893. The van der Waals surface area contributed by atoms with Crippen LogP contribution >= 0.6 is 0 Å². The summed E-state index contributed by atoms with van der Waals surface area (Å²) in [5.74, 6) is -0.259. The third-order valence-corrected chi connectivity index (χ3v) is 4.54. The first-order valence-corrected chi connectivity index (χ1v) is 8.14. The van der Waals surface area contributed by atoms with E-state index < -0.39 is 0 Å². The molecule has 118 valence electrons. The van der Waals surface area contributed by atoms with E-state index in [1.165, 1.54) is 25.5 Å². The fraction of sp³-hybridized carbons (Fsp3) is 0.706. The summed E-state index contributed by atoms with van der Waals surface area (Å²) in [5, 5.41) is 3.60. The lowest BCUT2D eigenvalue weighted by molar-refractivity contribution is 0.0606. The maximum atomic E-state index is 13.6. The quantitative estimate of drug-likeness (QED) is 0.869. The maximum absolute atomic E-state index is 13.6. The van der Waals surface area contributed by atoms with Crippen LogP contribution in [-0.2, 0) is 0 Å². The van der Waals surface area contributed by atoms with E-state index in [1.54, 1.807) is 12.3 Å². The van der Waals surface area contributed by atoms with E-state index in [2.05, 4.69) is 36.0 Å². The number of piperidine rings is 1. The van der Waals surface area contributed by atoms with Crippen LogP contribution in [0.15, 0.2) is 18.5 Å². The molecular weight excluding hydrogens is 265 g/mol. The Morgan fingerprint density at radius 1 is 1.29 bits per heavy atom. The van der Waals surface area contributed by atoms with Crippen LogP contribution in [0.5, 0.6) is 0 Å². The van der Waals surface area contributed by atoms with Crippen molar-refractivity contribution >= 4 is 0 Å². The highest BCUT2D eigenvalue weighted by atomic mass is 19.1. The number of pyridine rings is 1. The summed E-state index contributed by atoms with van der Waals surface area (Å²) >= 11 is 0. The lowest BCUT2D eigenvalue weighted by Crippen LogP contribution is -2.54. The second-order valence-corrected chi connectivity index (χ2v) is 6.53. The molecule has 0 amide bonds. The van der Waals surface area contributed by atoms with Gasteiger partial charge in [-0.15, -0.1) is 0 Å². The molecule has 1 saturated heterocycles. The lowest BCUT2D eigenvalue weighted by Gasteiger charge is -2.46. The highest BCUT2D eigenvalue weighted by Crippen LogP contribution is 2.33. The van der Waals surface area contributed by atoms with Crippen LogP contribution in [0, 0.1) is 5.82 Å². The van der Waals surface area contributed by atoms with E-state index >= 15 is 0 Å². The summed E-state index contributed by atoms with van der Waals surface area (Å²) in [4.78, 5) is 6.57. The van der Waals surface area contributed by atoms with Gasteiger partial charge in [0.1, 0.15) is 5.82 Å². The summed E-state index contributed by atoms with van der Waals surface area (Å²) < 4.78 is 13.6. The van der Waals surface area contributed by atoms with Gasteiger partial charge in [-0.25, -0.2) is 4.39 Å². The maximum Gasteiger partial charge on any atom is 0.141 e. The molecule has 4 heteroatoms. The fourth-order valence-electron chi connectivity index (χ4n) is 3.30. The molecular formula is C17H28FN3. The Balaban J connectivity index is 2.25. The van der Waals surface area contributed by atoms with Crippen LogP contribution in [0.1, 0.15) is 58.1 Å². The minimum absolute atomic E-state index is 0.0505. The predicted molar refractivity (Wildman–Crippen MR) is 84.7 cm³/mol. The van der Waals surface area contributed by atoms with Crippen molar-refractivity contribution in [3.05, 3.63) is 29.8 Å². The molecule has 2 rings (SSSR count). The number of halogens is 1. The van der Waals surface area contributed by atoms with Crippen LogP contribution in [-0.4, -0.2) is 35.1 Å². The van der Waals surface area contributed by atoms with Crippen molar-refractivity contribution in [2.45, 2.75) is 58.0 Å². The molecule has 1 aliphatic heterocycles. The monoisotopic (exact) mass is 293 g/mol. The topological polar surface area (TPSA) is 28.2 Å². The summed E-state index contributed by atoms with van der Waals surface area (Å²) in [6.07, 6.45) is 7.96. The number of nitrogens with zero attached hydrogens (tertiary/aromatic N) is 2. The third kappa shape index (κ3) is 4.01. The van der Waals surface area contributed by atoms with E-state index in [-0.39, 0.29) is 17.4 Å². The van der Waals surface area contributed by atoms with Crippen molar-refractivity contribution in [3.63, 3.8) is 0 Å². The zero-order chi connectivity index (χ0) is 15.3. The molecule has 1 aliphatic rings. The first-order chi connectivity index (χ1) is 10.1. The van der Waals surface area contributed by atoms with Gasteiger partial charge in [-0.2, -0.15) is 0 Å². The molecule has 1 atom stereocenters. The Morgan fingerprint density at radius 3 is 2.62 bits per heavy atom. The average molecular weight is 293 g/mol. The number of nitrogens with one attached hydrogen (secondary N) is 1. The lowest BCUT2D eigenvalue weighted by atomic mass is 9.86. The molecule has 1 fully saturated rings. The van der Waals surface area contributed by atoms with E-state index in [1.807, 2.05) is 0 Å². The van der Waals surface area contributed by atoms with Crippen molar-refractivity contribution in [2.75, 3.05) is 19.6 Å². The molecule has 0 bridgehead atoms. The van der Waals surface area contributed by atoms with Gasteiger partial charge in [0.15, 0.2) is 0 Å². The molecule has 0 aliphatic carbocycles. The minimum atomic E-state index is -0.259. The molecule has 0 saturated carbocycles. The molecule has 0 aromatic carbocycles. The Morgan fingerprint density at radius 2 is 2.00 bits per heavy atom. The largest absolute Gasteiger partial charge is 0.308 e. The zero-order valence-corrected chi connectivity index (χ0v) is 13.5. The van der Waals surface area contributed by atoms with Crippen LogP contribution in [0.3, 0.4) is 0 Å². The summed E-state index contributed by atoms with van der Waals surface area (Å²) in [7, 11) is 0. The van der Waals surface area contributed by atoms with Gasteiger partial charge in [0.25, 0.3) is 0 Å². The fourth-order valence-corrected chi connectivity index (χ4v) is 3.30. The van der Waals surface area contributed by atoms with Crippen LogP contribution in [0.4, 0.5) is 4.39 Å². The number of hydrogen-bond acceptors (Lipinski definition) is 3. The molecule has 3 nitrogen and oxygen atoms in total. The van der Waals surface area contributed by atoms with Crippen LogP contribution in [0.2, 0.25) is 0 Å². The standard InChI is InChI=1S/C17H28FN3/c1-4-8-20-16(14-11-15(18)13-19-12-14)17(2,3)21-9-6-5-7-10-21/h11-13,16,20H,4-10H2,1-3H3. The molecule has 1 unspecified atom stereocenters. The number of aromatic nitrogens is 1. The van der Waals surface area contributed by atoms with Crippen molar-refractivity contribution in [1.29, 1.82) is 0 Å². The number of rotatable bonds is 6. The van der Waals surface area contributed by atoms with Crippen molar-refractivity contribution in [2.24, 2.45) is 0 Å². The number of hydrogen-bond donors (Lipinski definition) is 1. The van der Waals surface area contributed by atoms with Crippen molar-refractivity contribution < 1.29 is 4.39 Å². The summed E-state index contributed by atoms with van der Waals surface area (Å²) in [6, 6.07) is 1.71.